The van der Waals surface area contributed by atoms with Crippen LogP contribution in [-0.2, 0) is 5.40 Å². The molecular weight excluding hydrogens is 143 g/mol. The van der Waals surface area contributed by atoms with Gasteiger partial charge in [0.15, 0.2) is 0 Å². The fourth-order valence-corrected chi connectivity index (χ4v) is 0.919. The highest BCUT2D eigenvalue weighted by Crippen LogP contribution is 2.17. The first kappa shape index (κ1) is 7.67. The van der Waals surface area contributed by atoms with Crippen molar-refractivity contribution in [3.05, 3.63) is 35.9 Å². The van der Waals surface area contributed by atoms with Gasteiger partial charge in [0.25, 0.3) is 0 Å². The highest BCUT2D eigenvalue weighted by atomic mass is 31.0. The van der Waals surface area contributed by atoms with E-state index in [4.69, 9.17) is 11.5 Å². The lowest BCUT2D eigenvalue weighted by atomic mass is 10.2. The molecule has 0 heterocycles. The van der Waals surface area contributed by atoms with Crippen molar-refractivity contribution in [1.29, 1.82) is 0 Å². The van der Waals surface area contributed by atoms with Crippen LogP contribution in [0.25, 0.3) is 0 Å². The van der Waals surface area contributed by atoms with Crippen LogP contribution in [-0.4, -0.2) is 0 Å². The average Bonchev–Trinajstić information content (AvgIpc) is 1.88. The number of hydrogen-bond acceptors (Lipinski definition) is 2. The molecule has 1 aromatic rings. The van der Waals surface area contributed by atoms with Crippen LogP contribution in [0.4, 0.5) is 0 Å². The van der Waals surface area contributed by atoms with Gasteiger partial charge in [-0.15, -0.1) is 0 Å². The minimum Gasteiger partial charge on any atom is -0.307 e. The zero-order valence-corrected chi connectivity index (χ0v) is 6.77. The summed E-state index contributed by atoms with van der Waals surface area (Å²) in [5.41, 5.74) is 12.1. The van der Waals surface area contributed by atoms with Gasteiger partial charge in [-0.2, -0.15) is 0 Å². The largest absolute Gasteiger partial charge is 0.307 e. The van der Waals surface area contributed by atoms with Gasteiger partial charge in [-0.1, -0.05) is 39.6 Å². The molecule has 0 saturated heterocycles. The zero-order chi connectivity index (χ0) is 7.61. The molecule has 1 rings (SSSR count). The summed E-state index contributed by atoms with van der Waals surface area (Å²) in [7, 11) is 2.39. The predicted octanol–water partition coefficient (Wildman–Crippen LogP) is 0.589. The average molecular weight is 154 g/mol. The van der Waals surface area contributed by atoms with E-state index in [1.54, 1.807) is 0 Å². The standard InChI is InChI=1S/C7H11N2P/c8-7(9,10)6-4-2-1-3-5-6/h1-5H,8-10H2. The fourth-order valence-electron chi connectivity index (χ4n) is 0.727. The lowest BCUT2D eigenvalue weighted by Gasteiger charge is -2.18. The van der Waals surface area contributed by atoms with Gasteiger partial charge in [-0.3, -0.25) is 0 Å². The first-order valence-corrected chi connectivity index (χ1v) is 3.60. The Kier molecular flexibility index (Phi) is 2.05. The van der Waals surface area contributed by atoms with Gasteiger partial charge in [0.2, 0.25) is 0 Å². The lowest BCUT2D eigenvalue weighted by molar-refractivity contribution is 0.696. The molecule has 3 heteroatoms. The summed E-state index contributed by atoms with van der Waals surface area (Å²) >= 11 is 0. The van der Waals surface area contributed by atoms with Crippen LogP contribution in [0.1, 0.15) is 5.56 Å². The van der Waals surface area contributed by atoms with Gasteiger partial charge in [-0.05, 0) is 5.56 Å². The van der Waals surface area contributed by atoms with Crippen molar-refractivity contribution in [2.24, 2.45) is 11.5 Å². The molecule has 0 aliphatic carbocycles. The Morgan fingerprint density at radius 3 is 1.90 bits per heavy atom. The van der Waals surface area contributed by atoms with E-state index in [2.05, 4.69) is 9.24 Å². The lowest BCUT2D eigenvalue weighted by Crippen LogP contribution is -2.39. The van der Waals surface area contributed by atoms with Crippen LogP contribution >= 0.6 is 9.24 Å². The van der Waals surface area contributed by atoms with Crippen LogP contribution in [0.15, 0.2) is 30.3 Å². The second kappa shape index (κ2) is 2.67. The Balaban J connectivity index is 2.97. The molecule has 0 amide bonds. The van der Waals surface area contributed by atoms with Crippen LogP contribution in [0, 0.1) is 0 Å². The van der Waals surface area contributed by atoms with Gasteiger partial charge in [-0.25, -0.2) is 0 Å². The van der Waals surface area contributed by atoms with Gasteiger partial charge >= 0.3 is 0 Å². The molecule has 10 heavy (non-hydrogen) atoms. The summed E-state index contributed by atoms with van der Waals surface area (Å²) in [5, 5.41) is -0.790. The maximum Gasteiger partial charge on any atom is 0.104 e. The molecule has 1 aromatic carbocycles. The predicted molar refractivity (Wildman–Crippen MR) is 46.2 cm³/mol. The minimum absolute atomic E-state index is 0.790. The van der Waals surface area contributed by atoms with Crippen molar-refractivity contribution in [2.45, 2.75) is 5.40 Å². The molecule has 1 unspecified atom stereocenters. The van der Waals surface area contributed by atoms with E-state index in [0.717, 1.165) is 5.56 Å². The Hall–Kier alpha value is -0.430. The first-order valence-electron chi connectivity index (χ1n) is 3.03. The van der Waals surface area contributed by atoms with E-state index in [9.17, 15) is 0 Å². The van der Waals surface area contributed by atoms with Crippen LogP contribution in [0.3, 0.4) is 0 Å². The monoisotopic (exact) mass is 154 g/mol. The van der Waals surface area contributed by atoms with Crippen molar-refractivity contribution in [2.75, 3.05) is 0 Å². The van der Waals surface area contributed by atoms with Gasteiger partial charge in [0, 0.05) is 0 Å². The van der Waals surface area contributed by atoms with E-state index in [1.807, 2.05) is 30.3 Å². The summed E-state index contributed by atoms with van der Waals surface area (Å²) < 4.78 is 0. The number of benzene rings is 1. The SMILES string of the molecule is NC(N)(P)c1ccccc1. The first-order chi connectivity index (χ1) is 4.61. The number of rotatable bonds is 1. The summed E-state index contributed by atoms with van der Waals surface area (Å²) in [5.74, 6) is 0. The maximum absolute atomic E-state index is 5.60. The second-order valence-electron chi connectivity index (χ2n) is 2.30. The smallest absolute Gasteiger partial charge is 0.104 e. The molecule has 0 bridgehead atoms. The maximum atomic E-state index is 5.60. The molecule has 0 aliphatic heterocycles. The van der Waals surface area contributed by atoms with E-state index >= 15 is 0 Å². The zero-order valence-electron chi connectivity index (χ0n) is 5.62. The Morgan fingerprint density at radius 1 is 1.10 bits per heavy atom. The van der Waals surface area contributed by atoms with E-state index in [-0.39, 0.29) is 0 Å². The summed E-state index contributed by atoms with van der Waals surface area (Å²) in [4.78, 5) is 0. The molecule has 0 spiro atoms. The van der Waals surface area contributed by atoms with E-state index in [0.29, 0.717) is 0 Å². The molecule has 4 N–H and O–H groups in total. The van der Waals surface area contributed by atoms with Crippen molar-refractivity contribution < 1.29 is 0 Å². The van der Waals surface area contributed by atoms with Crippen LogP contribution in [0.5, 0.6) is 0 Å². The molecule has 1 atom stereocenters. The molecular formula is C7H11N2P. The van der Waals surface area contributed by atoms with Crippen LogP contribution in [0.2, 0.25) is 0 Å². The highest BCUT2D eigenvalue weighted by Gasteiger charge is 2.12. The van der Waals surface area contributed by atoms with Crippen LogP contribution < -0.4 is 11.5 Å². The quantitative estimate of drug-likeness (QED) is 0.459. The Labute approximate surface area is 62.8 Å². The van der Waals surface area contributed by atoms with Crippen molar-refractivity contribution in [3.8, 4) is 0 Å². The number of nitrogens with two attached hydrogens (primary N) is 2. The Bertz CT molecular complexity index is 203. The van der Waals surface area contributed by atoms with Gasteiger partial charge in [0.1, 0.15) is 5.40 Å². The van der Waals surface area contributed by atoms with Crippen molar-refractivity contribution in [1.82, 2.24) is 0 Å². The third kappa shape index (κ3) is 1.77. The highest BCUT2D eigenvalue weighted by molar-refractivity contribution is 7.18. The van der Waals surface area contributed by atoms with Crippen molar-refractivity contribution >= 4 is 9.24 Å². The summed E-state index contributed by atoms with van der Waals surface area (Å²) in [6.07, 6.45) is 0. The second-order valence-corrected chi connectivity index (χ2v) is 3.25. The molecule has 0 aromatic heterocycles. The third-order valence-electron chi connectivity index (χ3n) is 1.27. The Morgan fingerprint density at radius 2 is 1.60 bits per heavy atom. The molecule has 0 aliphatic rings. The topological polar surface area (TPSA) is 52.0 Å². The fraction of sp³-hybridized carbons (Fsp3) is 0.143. The van der Waals surface area contributed by atoms with Gasteiger partial charge < -0.3 is 11.5 Å². The van der Waals surface area contributed by atoms with Gasteiger partial charge in [0.05, 0.1) is 0 Å². The van der Waals surface area contributed by atoms with Crippen molar-refractivity contribution in [3.63, 3.8) is 0 Å². The molecule has 2 nitrogen and oxygen atoms in total. The third-order valence-corrected chi connectivity index (χ3v) is 1.61. The number of hydrogen-bond donors (Lipinski definition) is 2. The van der Waals surface area contributed by atoms with E-state index < -0.39 is 5.40 Å². The molecule has 0 radical (unpaired) electrons. The molecule has 0 fully saturated rings. The normalized spacial score (nSPS) is 11.5. The van der Waals surface area contributed by atoms with E-state index in [1.165, 1.54) is 0 Å². The summed E-state index contributed by atoms with van der Waals surface area (Å²) in [6.45, 7) is 0. The minimum atomic E-state index is -0.790. The summed E-state index contributed by atoms with van der Waals surface area (Å²) in [6, 6.07) is 9.54. The molecule has 54 valence electrons. The molecule has 0 saturated carbocycles.